The van der Waals surface area contributed by atoms with Crippen LogP contribution in [-0.4, -0.2) is 56.7 Å². The fraction of sp³-hybridized carbons (Fsp3) is 0.400. The van der Waals surface area contributed by atoms with Gasteiger partial charge >= 0.3 is 6.18 Å². The summed E-state index contributed by atoms with van der Waals surface area (Å²) in [7, 11) is -3.53. The molecule has 32 heavy (non-hydrogen) atoms. The summed E-state index contributed by atoms with van der Waals surface area (Å²) < 4.78 is 76.3. The molecular weight excluding hydrogens is 454 g/mol. The maximum atomic E-state index is 13.0. The van der Waals surface area contributed by atoms with Gasteiger partial charge in [-0.15, -0.1) is 0 Å². The SMILES string of the molecule is O=[N+]([O-])c1cc(C(F)(F)F)ccc1N1CCN(CCCS(=O)(=O)c2ccc(F)cc2)CC1. The van der Waals surface area contributed by atoms with Crippen molar-refractivity contribution >= 4 is 21.2 Å². The largest absolute Gasteiger partial charge is 0.416 e. The van der Waals surface area contributed by atoms with Crippen LogP contribution in [0, 0.1) is 15.9 Å². The van der Waals surface area contributed by atoms with E-state index in [0.29, 0.717) is 45.2 Å². The average molecular weight is 475 g/mol. The van der Waals surface area contributed by atoms with E-state index in [2.05, 4.69) is 0 Å². The van der Waals surface area contributed by atoms with Gasteiger partial charge in [-0.25, -0.2) is 12.8 Å². The molecule has 0 N–H and O–H groups in total. The number of alkyl halides is 3. The van der Waals surface area contributed by atoms with E-state index in [0.717, 1.165) is 24.3 Å². The fourth-order valence-electron chi connectivity index (χ4n) is 3.56. The van der Waals surface area contributed by atoms with Gasteiger partial charge in [-0.05, 0) is 49.4 Å². The molecule has 1 heterocycles. The Hall–Kier alpha value is -2.73. The molecule has 0 amide bonds. The van der Waals surface area contributed by atoms with Gasteiger partial charge in [-0.1, -0.05) is 0 Å². The molecule has 0 atom stereocenters. The van der Waals surface area contributed by atoms with Crippen LogP contribution in [0.3, 0.4) is 0 Å². The zero-order chi connectivity index (χ0) is 23.5. The highest BCUT2D eigenvalue weighted by atomic mass is 32.2. The number of anilines is 1. The molecule has 0 spiro atoms. The van der Waals surface area contributed by atoms with E-state index in [1.807, 2.05) is 4.90 Å². The van der Waals surface area contributed by atoms with Crippen molar-refractivity contribution < 1.29 is 30.9 Å². The third-order valence-corrected chi connectivity index (χ3v) is 7.09. The summed E-state index contributed by atoms with van der Waals surface area (Å²) in [6.07, 6.45) is -4.32. The van der Waals surface area contributed by atoms with Crippen molar-refractivity contribution in [3.05, 3.63) is 64.0 Å². The minimum absolute atomic E-state index is 0.0540. The third-order valence-electron chi connectivity index (χ3n) is 5.27. The van der Waals surface area contributed by atoms with Crippen molar-refractivity contribution in [2.45, 2.75) is 17.5 Å². The van der Waals surface area contributed by atoms with Gasteiger partial charge in [-0.2, -0.15) is 13.2 Å². The number of nitro groups is 1. The van der Waals surface area contributed by atoms with Gasteiger partial charge in [-0.3, -0.25) is 15.0 Å². The lowest BCUT2D eigenvalue weighted by molar-refractivity contribution is -0.384. The Balaban J connectivity index is 1.56. The number of piperazine rings is 1. The number of hydrogen-bond donors (Lipinski definition) is 0. The minimum Gasteiger partial charge on any atom is -0.363 e. The van der Waals surface area contributed by atoms with E-state index in [9.17, 15) is 36.1 Å². The predicted molar refractivity (Wildman–Crippen MR) is 110 cm³/mol. The zero-order valence-electron chi connectivity index (χ0n) is 16.9. The summed E-state index contributed by atoms with van der Waals surface area (Å²) >= 11 is 0. The molecule has 0 saturated carbocycles. The summed E-state index contributed by atoms with van der Waals surface area (Å²) in [5.41, 5.74) is -1.55. The van der Waals surface area contributed by atoms with E-state index in [4.69, 9.17) is 0 Å². The Morgan fingerprint density at radius 2 is 1.62 bits per heavy atom. The van der Waals surface area contributed by atoms with Crippen LogP contribution in [-0.2, 0) is 16.0 Å². The summed E-state index contributed by atoms with van der Waals surface area (Å²) in [5.74, 6) is -0.626. The molecule has 2 aromatic carbocycles. The predicted octanol–water partition coefficient (Wildman–Crippen LogP) is 3.74. The molecule has 174 valence electrons. The Labute approximate surface area is 182 Å². The average Bonchev–Trinajstić information content (AvgIpc) is 2.73. The first-order valence-electron chi connectivity index (χ1n) is 9.78. The molecule has 1 saturated heterocycles. The van der Waals surface area contributed by atoms with Crippen molar-refractivity contribution in [1.29, 1.82) is 0 Å². The number of sulfone groups is 1. The van der Waals surface area contributed by atoms with E-state index >= 15 is 0 Å². The van der Waals surface area contributed by atoms with Crippen LogP contribution in [0.1, 0.15) is 12.0 Å². The van der Waals surface area contributed by atoms with Crippen molar-refractivity contribution in [1.82, 2.24) is 4.90 Å². The Bertz CT molecular complexity index is 1070. The summed E-state index contributed by atoms with van der Waals surface area (Å²) in [4.78, 5) is 14.2. The summed E-state index contributed by atoms with van der Waals surface area (Å²) in [6.45, 7) is 2.15. The fourth-order valence-corrected chi connectivity index (χ4v) is 4.86. The van der Waals surface area contributed by atoms with Gasteiger partial charge in [0.15, 0.2) is 9.84 Å². The van der Waals surface area contributed by atoms with Crippen LogP contribution >= 0.6 is 0 Å². The minimum atomic E-state index is -4.67. The molecule has 1 aliphatic rings. The Morgan fingerprint density at radius 1 is 1.00 bits per heavy atom. The molecule has 3 rings (SSSR count). The second-order valence-corrected chi connectivity index (χ2v) is 9.52. The summed E-state index contributed by atoms with van der Waals surface area (Å²) in [5, 5.41) is 11.3. The molecule has 7 nitrogen and oxygen atoms in total. The van der Waals surface area contributed by atoms with Gasteiger partial charge in [0, 0.05) is 32.2 Å². The lowest BCUT2D eigenvalue weighted by atomic mass is 10.1. The van der Waals surface area contributed by atoms with E-state index in [1.54, 1.807) is 4.90 Å². The molecular formula is C20H21F4N3O4S. The Kier molecular flexibility index (Phi) is 7.03. The molecule has 0 unspecified atom stereocenters. The molecule has 0 aliphatic carbocycles. The second kappa shape index (κ2) is 9.41. The van der Waals surface area contributed by atoms with Crippen LogP contribution in [0.5, 0.6) is 0 Å². The lowest BCUT2D eigenvalue weighted by Crippen LogP contribution is -2.47. The van der Waals surface area contributed by atoms with E-state index in [1.165, 1.54) is 12.1 Å². The standard InChI is InChI=1S/C20H21F4N3O4S/c21-16-3-5-17(6-4-16)32(30,31)13-1-8-25-9-11-26(12-10-25)18-7-2-15(20(22,23)24)14-19(18)27(28)29/h2-7,14H,1,8-13H2. The molecule has 1 aliphatic heterocycles. The first-order valence-corrected chi connectivity index (χ1v) is 11.4. The monoisotopic (exact) mass is 475 g/mol. The first kappa shape index (κ1) is 23.9. The van der Waals surface area contributed by atoms with Crippen molar-refractivity contribution in [3.8, 4) is 0 Å². The van der Waals surface area contributed by atoms with Gasteiger partial charge < -0.3 is 4.90 Å². The molecule has 0 radical (unpaired) electrons. The molecule has 1 fully saturated rings. The molecule has 12 heteroatoms. The highest BCUT2D eigenvalue weighted by Gasteiger charge is 2.34. The van der Waals surface area contributed by atoms with Crippen molar-refractivity contribution in [3.63, 3.8) is 0 Å². The number of nitrogens with zero attached hydrogens (tertiary/aromatic N) is 3. The maximum absolute atomic E-state index is 13.0. The third kappa shape index (κ3) is 5.74. The van der Waals surface area contributed by atoms with Crippen LogP contribution in [0.4, 0.5) is 28.9 Å². The van der Waals surface area contributed by atoms with Crippen LogP contribution in [0.15, 0.2) is 47.4 Å². The molecule has 0 aromatic heterocycles. The quantitative estimate of drug-likeness (QED) is 0.263. The van der Waals surface area contributed by atoms with Gasteiger partial charge in [0.1, 0.15) is 11.5 Å². The highest BCUT2D eigenvalue weighted by Crippen LogP contribution is 2.36. The van der Waals surface area contributed by atoms with Crippen molar-refractivity contribution in [2.24, 2.45) is 0 Å². The van der Waals surface area contributed by atoms with Crippen LogP contribution in [0.2, 0.25) is 0 Å². The topological polar surface area (TPSA) is 83.8 Å². The highest BCUT2D eigenvalue weighted by molar-refractivity contribution is 7.91. The van der Waals surface area contributed by atoms with E-state index < -0.39 is 38.0 Å². The number of rotatable bonds is 7. The maximum Gasteiger partial charge on any atom is 0.416 e. The number of nitro benzene ring substituents is 1. The lowest BCUT2D eigenvalue weighted by Gasteiger charge is -2.35. The van der Waals surface area contributed by atoms with Crippen LogP contribution in [0.25, 0.3) is 0 Å². The number of hydrogen-bond acceptors (Lipinski definition) is 6. The van der Waals surface area contributed by atoms with Crippen LogP contribution < -0.4 is 4.90 Å². The number of halogens is 4. The second-order valence-electron chi connectivity index (χ2n) is 7.41. The molecule has 0 bridgehead atoms. The van der Waals surface area contributed by atoms with Gasteiger partial charge in [0.2, 0.25) is 0 Å². The normalized spacial score (nSPS) is 15.7. The Morgan fingerprint density at radius 3 is 2.19 bits per heavy atom. The molecule has 2 aromatic rings. The van der Waals surface area contributed by atoms with Gasteiger partial charge in [0.05, 0.1) is 21.1 Å². The van der Waals surface area contributed by atoms with Gasteiger partial charge in [0.25, 0.3) is 5.69 Å². The smallest absolute Gasteiger partial charge is 0.363 e. The van der Waals surface area contributed by atoms with Crippen molar-refractivity contribution in [2.75, 3.05) is 43.4 Å². The first-order chi connectivity index (χ1) is 15.0. The van der Waals surface area contributed by atoms with E-state index in [-0.39, 0.29) is 16.3 Å². The summed E-state index contributed by atoms with van der Waals surface area (Å²) in [6, 6.07) is 7.11. The number of benzene rings is 2. The zero-order valence-corrected chi connectivity index (χ0v) is 17.7.